The molecule has 9 heteroatoms. The fourth-order valence-corrected chi connectivity index (χ4v) is 5.68. The highest BCUT2D eigenvalue weighted by molar-refractivity contribution is 7.80. The number of nitrogens with zero attached hydrogens (tertiary/aromatic N) is 1. The molecule has 31 heavy (non-hydrogen) atoms. The second-order valence-electron chi connectivity index (χ2n) is 7.36. The summed E-state index contributed by atoms with van der Waals surface area (Å²) < 4.78 is 5.65. The Kier molecular flexibility index (Phi) is 6.35. The molecule has 0 saturated carbocycles. The third-order valence-electron chi connectivity index (χ3n) is 5.10. The molecule has 0 radical (unpaired) electrons. The molecule has 3 aromatic rings. The minimum absolute atomic E-state index is 0.0879. The van der Waals surface area contributed by atoms with Gasteiger partial charge in [-0.25, -0.2) is 0 Å². The van der Waals surface area contributed by atoms with Gasteiger partial charge in [0.05, 0.1) is 10.6 Å². The van der Waals surface area contributed by atoms with E-state index in [1.807, 2.05) is 0 Å². The third-order valence-corrected chi connectivity index (χ3v) is 7.03. The molecule has 1 aliphatic rings. The zero-order valence-corrected chi connectivity index (χ0v) is 19.6. The quantitative estimate of drug-likeness (QED) is 0.413. The predicted molar refractivity (Wildman–Crippen MR) is 128 cm³/mol. The van der Waals surface area contributed by atoms with Gasteiger partial charge in [0, 0.05) is 15.5 Å². The maximum atomic E-state index is 12.6. The summed E-state index contributed by atoms with van der Waals surface area (Å²) in [5.41, 5.74) is 2.33. The Hall–Kier alpha value is -2.37. The minimum Gasteiger partial charge on any atom is -0.451 e. The minimum atomic E-state index is -0.498. The van der Waals surface area contributed by atoms with Crippen molar-refractivity contribution in [3.8, 4) is 17.4 Å². The van der Waals surface area contributed by atoms with E-state index in [1.54, 1.807) is 30.3 Å². The van der Waals surface area contributed by atoms with Crippen LogP contribution in [0.1, 0.15) is 39.9 Å². The van der Waals surface area contributed by atoms with Crippen LogP contribution < -0.4 is 10.6 Å². The highest BCUT2D eigenvalue weighted by Gasteiger charge is 2.24. The van der Waals surface area contributed by atoms with Gasteiger partial charge in [-0.15, -0.1) is 11.3 Å². The third kappa shape index (κ3) is 4.63. The molecule has 0 fully saturated rings. The van der Waals surface area contributed by atoms with Crippen LogP contribution in [0.3, 0.4) is 0 Å². The van der Waals surface area contributed by atoms with Crippen LogP contribution in [0.5, 0.6) is 0 Å². The van der Waals surface area contributed by atoms with E-state index in [9.17, 15) is 10.1 Å². The highest BCUT2D eigenvalue weighted by Crippen LogP contribution is 2.39. The molecule has 4 rings (SSSR count). The molecule has 1 amide bonds. The molecule has 158 valence electrons. The zero-order valence-electron chi connectivity index (χ0n) is 16.4. The molecular formula is C22H17Cl2N3O2S2. The first kappa shape index (κ1) is 21.8. The van der Waals surface area contributed by atoms with Crippen molar-refractivity contribution in [2.24, 2.45) is 5.92 Å². The van der Waals surface area contributed by atoms with Crippen molar-refractivity contribution in [1.29, 1.82) is 5.26 Å². The summed E-state index contributed by atoms with van der Waals surface area (Å²) in [4.78, 5) is 13.8. The topological polar surface area (TPSA) is 78.1 Å². The van der Waals surface area contributed by atoms with Gasteiger partial charge < -0.3 is 9.73 Å². The van der Waals surface area contributed by atoms with Crippen LogP contribution in [0, 0.1) is 17.2 Å². The van der Waals surface area contributed by atoms with Crippen molar-refractivity contribution < 1.29 is 9.21 Å². The molecule has 1 atom stereocenters. The second kappa shape index (κ2) is 9.01. The zero-order chi connectivity index (χ0) is 22.1. The lowest BCUT2D eigenvalue weighted by atomic mass is 9.89. The molecule has 2 heterocycles. The number of furan rings is 1. The van der Waals surface area contributed by atoms with E-state index in [1.165, 1.54) is 16.2 Å². The molecular weight excluding hydrogens is 473 g/mol. The highest BCUT2D eigenvalue weighted by atomic mass is 35.5. The van der Waals surface area contributed by atoms with Crippen LogP contribution in [-0.4, -0.2) is 11.0 Å². The lowest BCUT2D eigenvalue weighted by molar-refractivity contribution is 0.0951. The number of hydrogen-bond donors (Lipinski definition) is 2. The second-order valence-corrected chi connectivity index (χ2v) is 9.72. The van der Waals surface area contributed by atoms with E-state index in [2.05, 4.69) is 23.6 Å². The fraction of sp³-hybridized carbons (Fsp3) is 0.227. The Bertz CT molecular complexity index is 1230. The molecule has 2 aromatic heterocycles. The first-order valence-electron chi connectivity index (χ1n) is 9.58. The van der Waals surface area contributed by atoms with Gasteiger partial charge in [-0.1, -0.05) is 30.1 Å². The normalized spacial score (nSPS) is 15.1. The number of carbonyl (C=O) groups excluding carboxylic acids is 1. The van der Waals surface area contributed by atoms with Crippen LogP contribution in [0.4, 0.5) is 5.00 Å². The molecule has 0 bridgehead atoms. The maximum Gasteiger partial charge on any atom is 0.293 e. The molecule has 0 spiro atoms. The number of thiocarbonyl (C=S) groups is 1. The summed E-state index contributed by atoms with van der Waals surface area (Å²) in [6, 6.07) is 10.5. The van der Waals surface area contributed by atoms with E-state index in [4.69, 9.17) is 39.8 Å². The van der Waals surface area contributed by atoms with Crippen molar-refractivity contribution >= 4 is 62.8 Å². The number of carbonyl (C=O) groups is 1. The van der Waals surface area contributed by atoms with E-state index in [0.29, 0.717) is 37.9 Å². The lowest BCUT2D eigenvalue weighted by Gasteiger charge is -2.17. The average Bonchev–Trinajstić information content (AvgIpc) is 3.32. The number of nitriles is 1. The number of nitrogens with one attached hydrogen (secondary N) is 2. The lowest BCUT2D eigenvalue weighted by Crippen LogP contribution is -2.33. The monoisotopic (exact) mass is 489 g/mol. The van der Waals surface area contributed by atoms with E-state index < -0.39 is 5.91 Å². The molecule has 5 nitrogen and oxygen atoms in total. The predicted octanol–water partition coefficient (Wildman–Crippen LogP) is 6.44. The summed E-state index contributed by atoms with van der Waals surface area (Å²) in [5, 5.41) is 16.9. The van der Waals surface area contributed by atoms with Crippen molar-refractivity contribution in [3.63, 3.8) is 0 Å². The van der Waals surface area contributed by atoms with Gasteiger partial charge in [0.1, 0.15) is 16.8 Å². The van der Waals surface area contributed by atoms with Gasteiger partial charge >= 0.3 is 0 Å². The summed E-state index contributed by atoms with van der Waals surface area (Å²) in [6.45, 7) is 2.21. The number of halogens is 2. The Morgan fingerprint density at radius 2 is 2.13 bits per heavy atom. The van der Waals surface area contributed by atoms with Gasteiger partial charge in [-0.05, 0) is 73.3 Å². The largest absolute Gasteiger partial charge is 0.451 e. The number of anilines is 1. The van der Waals surface area contributed by atoms with Crippen molar-refractivity contribution in [1.82, 2.24) is 5.32 Å². The Labute approximate surface area is 199 Å². The van der Waals surface area contributed by atoms with Crippen LogP contribution in [0.2, 0.25) is 10.0 Å². The number of amides is 1. The summed E-state index contributed by atoms with van der Waals surface area (Å²) in [6.07, 6.45) is 2.91. The van der Waals surface area contributed by atoms with E-state index in [-0.39, 0.29) is 10.9 Å². The summed E-state index contributed by atoms with van der Waals surface area (Å²) in [5.74, 6) is 0.629. The standard InChI is InChI=1S/C22H17Cl2N3O2S2/c1-11-2-4-13-15(10-25)21(31-19(13)8-11)27-22(30)26-20(28)18-7-6-17(29-18)14-5-3-12(23)9-16(14)24/h3,5-7,9,11H,2,4,8H2,1H3,(H2,26,27,28,30)/t11-/m0/s1. The fourth-order valence-electron chi connectivity index (χ4n) is 3.55. The number of hydrogen-bond acceptors (Lipinski definition) is 5. The Balaban J connectivity index is 1.46. The molecule has 1 aromatic carbocycles. The van der Waals surface area contributed by atoms with Crippen LogP contribution in [0.15, 0.2) is 34.7 Å². The van der Waals surface area contributed by atoms with Crippen LogP contribution in [0.25, 0.3) is 11.3 Å². The Morgan fingerprint density at radius 1 is 1.32 bits per heavy atom. The summed E-state index contributed by atoms with van der Waals surface area (Å²) in [7, 11) is 0. The molecule has 2 N–H and O–H groups in total. The Morgan fingerprint density at radius 3 is 2.87 bits per heavy atom. The first-order chi connectivity index (χ1) is 14.9. The number of fused-ring (bicyclic) bond motifs is 1. The van der Waals surface area contributed by atoms with E-state index >= 15 is 0 Å². The van der Waals surface area contributed by atoms with Crippen molar-refractivity contribution in [2.45, 2.75) is 26.2 Å². The van der Waals surface area contributed by atoms with Crippen molar-refractivity contribution in [3.05, 3.63) is 62.1 Å². The van der Waals surface area contributed by atoms with Crippen LogP contribution in [-0.2, 0) is 12.8 Å². The first-order valence-corrected chi connectivity index (χ1v) is 11.6. The van der Waals surface area contributed by atoms with Crippen molar-refractivity contribution in [2.75, 3.05) is 5.32 Å². The number of rotatable bonds is 3. The van der Waals surface area contributed by atoms with Gasteiger partial charge in [0.25, 0.3) is 5.91 Å². The molecule has 0 aliphatic heterocycles. The van der Waals surface area contributed by atoms with Gasteiger partial charge in [0.15, 0.2) is 10.9 Å². The summed E-state index contributed by atoms with van der Waals surface area (Å²) >= 11 is 19.0. The molecule has 1 aliphatic carbocycles. The molecule has 0 saturated heterocycles. The maximum absolute atomic E-state index is 12.6. The number of thiophene rings is 1. The molecule has 0 unspecified atom stereocenters. The van der Waals surface area contributed by atoms with Crippen LogP contribution >= 0.6 is 46.8 Å². The van der Waals surface area contributed by atoms with Gasteiger partial charge in [-0.2, -0.15) is 5.26 Å². The van der Waals surface area contributed by atoms with E-state index in [0.717, 1.165) is 24.8 Å². The van der Waals surface area contributed by atoms with Gasteiger partial charge in [-0.3, -0.25) is 10.1 Å². The average molecular weight is 490 g/mol. The van der Waals surface area contributed by atoms with Gasteiger partial charge in [0.2, 0.25) is 0 Å². The SMILES string of the molecule is C[C@H]1CCc2c(sc(NC(=S)NC(=O)c3ccc(-c4ccc(Cl)cc4Cl)o3)c2C#N)C1. The smallest absolute Gasteiger partial charge is 0.293 e. The number of benzene rings is 1.